The van der Waals surface area contributed by atoms with E-state index in [0.29, 0.717) is 19.4 Å². The predicted octanol–water partition coefficient (Wildman–Crippen LogP) is 3.69. The molecule has 4 heteroatoms. The fourth-order valence-corrected chi connectivity index (χ4v) is 3.10. The number of hydrogen-bond donors (Lipinski definition) is 1. The zero-order valence-electron chi connectivity index (χ0n) is 11.9. The van der Waals surface area contributed by atoms with E-state index in [1.54, 1.807) is 6.07 Å². The van der Waals surface area contributed by atoms with E-state index >= 15 is 0 Å². The zero-order valence-corrected chi connectivity index (χ0v) is 11.9. The van der Waals surface area contributed by atoms with Gasteiger partial charge < -0.3 is 10.0 Å². The van der Waals surface area contributed by atoms with E-state index in [9.17, 15) is 14.3 Å². The first kappa shape index (κ1) is 14.8. The third-order valence-corrected chi connectivity index (χ3v) is 4.30. The van der Waals surface area contributed by atoms with E-state index in [1.807, 2.05) is 18.0 Å². The van der Waals surface area contributed by atoms with Crippen LogP contribution in [0.1, 0.15) is 38.5 Å². The first-order valence-electron chi connectivity index (χ1n) is 7.24. The molecule has 110 valence electrons. The van der Waals surface area contributed by atoms with Crippen LogP contribution in [0.5, 0.6) is 0 Å². The van der Waals surface area contributed by atoms with Gasteiger partial charge in [0.2, 0.25) is 0 Å². The zero-order chi connectivity index (χ0) is 14.6. The van der Waals surface area contributed by atoms with E-state index in [4.69, 9.17) is 0 Å². The highest BCUT2D eigenvalue weighted by atomic mass is 19.1. The summed E-state index contributed by atoms with van der Waals surface area (Å²) in [6.07, 6.45) is 5.56. The van der Waals surface area contributed by atoms with Gasteiger partial charge in [0.25, 0.3) is 0 Å². The van der Waals surface area contributed by atoms with Gasteiger partial charge in [0.05, 0.1) is 5.41 Å². The number of carboxylic acids is 1. The Bertz CT molecular complexity index is 467. The molecule has 3 nitrogen and oxygen atoms in total. The maximum atomic E-state index is 13.3. The highest BCUT2D eigenvalue weighted by Gasteiger charge is 2.39. The molecule has 0 atom stereocenters. The van der Waals surface area contributed by atoms with Crippen molar-refractivity contribution in [3.63, 3.8) is 0 Å². The fourth-order valence-electron chi connectivity index (χ4n) is 3.10. The smallest absolute Gasteiger partial charge is 0.311 e. The van der Waals surface area contributed by atoms with Crippen molar-refractivity contribution in [1.82, 2.24) is 0 Å². The largest absolute Gasteiger partial charge is 0.481 e. The molecule has 0 aromatic heterocycles. The highest BCUT2D eigenvalue weighted by Crippen LogP contribution is 2.37. The first-order valence-corrected chi connectivity index (χ1v) is 7.24. The minimum Gasteiger partial charge on any atom is -0.481 e. The topological polar surface area (TPSA) is 40.5 Å². The van der Waals surface area contributed by atoms with Gasteiger partial charge in [-0.25, -0.2) is 4.39 Å². The van der Waals surface area contributed by atoms with Crippen molar-refractivity contribution in [2.45, 2.75) is 38.5 Å². The van der Waals surface area contributed by atoms with E-state index in [2.05, 4.69) is 0 Å². The van der Waals surface area contributed by atoms with Gasteiger partial charge >= 0.3 is 5.97 Å². The van der Waals surface area contributed by atoms with Crippen LogP contribution in [-0.2, 0) is 4.79 Å². The Labute approximate surface area is 119 Å². The number of carboxylic acid groups (broad SMARTS) is 1. The normalized spacial score (nSPS) is 18.3. The summed E-state index contributed by atoms with van der Waals surface area (Å²) in [5.74, 6) is -1.01. The number of anilines is 1. The van der Waals surface area contributed by atoms with Gasteiger partial charge in [0, 0.05) is 19.3 Å². The summed E-state index contributed by atoms with van der Waals surface area (Å²) in [6.45, 7) is 0.436. The van der Waals surface area contributed by atoms with Crippen LogP contribution in [0, 0.1) is 11.2 Å². The second-order valence-corrected chi connectivity index (χ2v) is 5.84. The molecule has 0 saturated heterocycles. The summed E-state index contributed by atoms with van der Waals surface area (Å²) in [5, 5.41) is 9.66. The molecule has 2 rings (SSSR count). The quantitative estimate of drug-likeness (QED) is 0.855. The molecule has 0 amide bonds. The third-order valence-electron chi connectivity index (χ3n) is 4.30. The van der Waals surface area contributed by atoms with E-state index in [-0.39, 0.29) is 5.82 Å². The number of carbonyl (C=O) groups is 1. The first-order chi connectivity index (χ1) is 9.53. The Morgan fingerprint density at radius 2 is 1.95 bits per heavy atom. The SMILES string of the molecule is CN(CC1(C(=O)O)CCCCCC1)c1cccc(F)c1. The molecule has 1 N–H and O–H groups in total. The molecule has 1 aromatic carbocycles. The fraction of sp³-hybridized carbons (Fsp3) is 0.562. The van der Waals surface area contributed by atoms with Crippen molar-refractivity contribution >= 4 is 11.7 Å². The molecule has 1 aliphatic carbocycles. The second kappa shape index (κ2) is 6.25. The maximum Gasteiger partial charge on any atom is 0.311 e. The Balaban J connectivity index is 2.17. The van der Waals surface area contributed by atoms with Crippen LogP contribution in [0.15, 0.2) is 24.3 Å². The van der Waals surface area contributed by atoms with Crippen LogP contribution in [0.3, 0.4) is 0 Å². The Kier molecular flexibility index (Phi) is 4.63. The summed E-state index contributed by atoms with van der Waals surface area (Å²) in [5.41, 5.74) is 0.0345. The van der Waals surface area contributed by atoms with Crippen LogP contribution in [0.2, 0.25) is 0 Å². The summed E-state index contributed by atoms with van der Waals surface area (Å²) in [4.78, 5) is 13.6. The van der Waals surface area contributed by atoms with Gasteiger partial charge in [-0.15, -0.1) is 0 Å². The molecule has 0 spiro atoms. The lowest BCUT2D eigenvalue weighted by Crippen LogP contribution is -2.41. The van der Waals surface area contributed by atoms with Gasteiger partial charge in [-0.05, 0) is 31.0 Å². The van der Waals surface area contributed by atoms with Crippen molar-refractivity contribution in [2.75, 3.05) is 18.5 Å². The van der Waals surface area contributed by atoms with Gasteiger partial charge in [-0.2, -0.15) is 0 Å². The van der Waals surface area contributed by atoms with E-state index in [0.717, 1.165) is 31.4 Å². The van der Waals surface area contributed by atoms with E-state index in [1.165, 1.54) is 12.1 Å². The second-order valence-electron chi connectivity index (χ2n) is 5.84. The average molecular weight is 279 g/mol. The molecule has 0 bridgehead atoms. The summed E-state index contributed by atoms with van der Waals surface area (Å²) < 4.78 is 13.3. The van der Waals surface area contributed by atoms with Crippen LogP contribution in [0.4, 0.5) is 10.1 Å². The summed E-state index contributed by atoms with van der Waals surface area (Å²) >= 11 is 0. The van der Waals surface area contributed by atoms with Crippen molar-refractivity contribution in [1.29, 1.82) is 0 Å². The standard InChI is InChI=1S/C16H22FNO2/c1-18(14-8-6-7-13(17)11-14)12-16(15(19)20)9-4-2-3-5-10-16/h6-8,11H,2-5,9-10,12H2,1H3,(H,19,20). The lowest BCUT2D eigenvalue weighted by molar-refractivity contribution is -0.149. The number of aliphatic carboxylic acids is 1. The van der Waals surface area contributed by atoms with Crippen LogP contribution < -0.4 is 4.90 Å². The molecule has 1 saturated carbocycles. The number of hydrogen-bond acceptors (Lipinski definition) is 2. The molecule has 20 heavy (non-hydrogen) atoms. The summed E-state index contributed by atoms with van der Waals surface area (Å²) in [7, 11) is 1.84. The third kappa shape index (κ3) is 3.30. The van der Waals surface area contributed by atoms with Crippen LogP contribution in [0.25, 0.3) is 0 Å². The van der Waals surface area contributed by atoms with Crippen molar-refractivity contribution < 1.29 is 14.3 Å². The van der Waals surface area contributed by atoms with Crippen molar-refractivity contribution in [3.05, 3.63) is 30.1 Å². The lowest BCUT2D eigenvalue weighted by atomic mass is 9.80. The predicted molar refractivity (Wildman–Crippen MR) is 77.4 cm³/mol. The lowest BCUT2D eigenvalue weighted by Gasteiger charge is -2.33. The van der Waals surface area contributed by atoms with Gasteiger partial charge in [0.15, 0.2) is 0 Å². The Morgan fingerprint density at radius 3 is 2.50 bits per heavy atom. The van der Waals surface area contributed by atoms with Gasteiger partial charge in [-0.3, -0.25) is 4.79 Å². The maximum absolute atomic E-state index is 13.3. The van der Waals surface area contributed by atoms with Gasteiger partial charge in [0.1, 0.15) is 5.82 Å². The van der Waals surface area contributed by atoms with Gasteiger partial charge in [-0.1, -0.05) is 31.7 Å². The number of nitrogens with zero attached hydrogens (tertiary/aromatic N) is 1. The molecule has 0 heterocycles. The Hall–Kier alpha value is -1.58. The molecule has 1 aromatic rings. The van der Waals surface area contributed by atoms with Crippen molar-refractivity contribution in [2.24, 2.45) is 5.41 Å². The highest BCUT2D eigenvalue weighted by molar-refractivity contribution is 5.75. The Morgan fingerprint density at radius 1 is 1.30 bits per heavy atom. The average Bonchev–Trinajstić information content (AvgIpc) is 2.65. The molecular weight excluding hydrogens is 257 g/mol. The van der Waals surface area contributed by atoms with Crippen molar-refractivity contribution in [3.8, 4) is 0 Å². The monoisotopic (exact) mass is 279 g/mol. The van der Waals surface area contributed by atoms with Crippen LogP contribution >= 0.6 is 0 Å². The number of halogens is 1. The number of benzene rings is 1. The number of rotatable bonds is 4. The molecule has 1 aliphatic rings. The molecule has 0 radical (unpaired) electrons. The summed E-state index contributed by atoms with van der Waals surface area (Å²) in [6, 6.07) is 6.32. The minimum absolute atomic E-state index is 0.292. The molecule has 1 fully saturated rings. The molecule has 0 unspecified atom stereocenters. The molecule has 0 aliphatic heterocycles. The van der Waals surface area contributed by atoms with Crippen LogP contribution in [-0.4, -0.2) is 24.7 Å². The minimum atomic E-state index is -0.720. The van der Waals surface area contributed by atoms with E-state index < -0.39 is 11.4 Å². The molecular formula is C16H22FNO2.